The third kappa shape index (κ3) is 3.00. The van der Waals surface area contributed by atoms with Gasteiger partial charge in [0.25, 0.3) is 0 Å². The van der Waals surface area contributed by atoms with Crippen LogP contribution in [0.4, 0.5) is 4.79 Å². The fraction of sp³-hybridized carbons (Fsp3) is 0.769. The molecule has 2 aliphatic rings. The Morgan fingerprint density at radius 2 is 2.18 bits per heavy atom. The van der Waals surface area contributed by atoms with Crippen LogP contribution in [0.5, 0.6) is 0 Å². The normalized spacial score (nSPS) is 21.8. The fourth-order valence-corrected chi connectivity index (χ4v) is 2.02. The lowest BCUT2D eigenvalue weighted by Crippen LogP contribution is -2.44. The van der Waals surface area contributed by atoms with Crippen molar-refractivity contribution in [3.63, 3.8) is 0 Å². The van der Waals surface area contributed by atoms with Gasteiger partial charge in [0, 0.05) is 13.1 Å². The summed E-state index contributed by atoms with van der Waals surface area (Å²) >= 11 is 0. The number of rotatable bonds is 1. The van der Waals surface area contributed by atoms with Crippen molar-refractivity contribution in [2.75, 3.05) is 26.3 Å². The summed E-state index contributed by atoms with van der Waals surface area (Å²) in [6, 6.07) is 0. The summed E-state index contributed by atoms with van der Waals surface area (Å²) in [5.41, 5.74) is 1.63. The van der Waals surface area contributed by atoms with E-state index < -0.39 is 0 Å². The van der Waals surface area contributed by atoms with E-state index in [4.69, 9.17) is 9.47 Å². The molecule has 0 bridgehead atoms. The smallest absolute Gasteiger partial charge is 0.410 e. The van der Waals surface area contributed by atoms with E-state index in [-0.39, 0.29) is 17.6 Å². The summed E-state index contributed by atoms with van der Waals surface area (Å²) in [6.45, 7) is 9.13. The first-order chi connectivity index (χ1) is 7.97. The molecule has 0 radical (unpaired) electrons. The first kappa shape index (κ1) is 12.4. The molecule has 1 amide bonds. The van der Waals surface area contributed by atoms with Crippen LogP contribution in [0.1, 0.15) is 27.2 Å². The molecule has 4 nitrogen and oxygen atoms in total. The Balaban J connectivity index is 1.85. The largest absolute Gasteiger partial charge is 0.441 e. The lowest BCUT2D eigenvalue weighted by Gasteiger charge is -2.33. The number of nitrogens with zero attached hydrogens (tertiary/aromatic N) is 1. The minimum absolute atomic E-state index is 0.0320. The highest BCUT2D eigenvalue weighted by molar-refractivity contribution is 5.68. The van der Waals surface area contributed by atoms with Gasteiger partial charge in [-0.05, 0) is 11.8 Å². The van der Waals surface area contributed by atoms with E-state index in [2.05, 4.69) is 26.8 Å². The average molecular weight is 239 g/mol. The van der Waals surface area contributed by atoms with Crippen LogP contribution in [0.2, 0.25) is 0 Å². The molecule has 2 aliphatic heterocycles. The lowest BCUT2D eigenvalue weighted by atomic mass is 9.83. The SMILES string of the molecule is CC(C)(C)C1=CCN(C(=O)OC2COC2)CC1. The highest BCUT2D eigenvalue weighted by Crippen LogP contribution is 2.30. The van der Waals surface area contributed by atoms with Crippen LogP contribution in [0.3, 0.4) is 0 Å². The van der Waals surface area contributed by atoms with E-state index >= 15 is 0 Å². The molecule has 0 saturated carbocycles. The molecular weight excluding hydrogens is 218 g/mol. The minimum atomic E-state index is -0.206. The van der Waals surface area contributed by atoms with Gasteiger partial charge in [0.05, 0.1) is 13.2 Å². The molecule has 1 fully saturated rings. The molecular formula is C13H21NO3. The lowest BCUT2D eigenvalue weighted by molar-refractivity contribution is -0.104. The van der Waals surface area contributed by atoms with Crippen molar-refractivity contribution in [3.05, 3.63) is 11.6 Å². The van der Waals surface area contributed by atoms with Crippen molar-refractivity contribution in [1.82, 2.24) is 4.90 Å². The van der Waals surface area contributed by atoms with Crippen LogP contribution in [0.25, 0.3) is 0 Å². The molecule has 0 N–H and O–H groups in total. The second-order valence-electron chi connectivity index (χ2n) is 5.72. The zero-order chi connectivity index (χ0) is 12.5. The van der Waals surface area contributed by atoms with Gasteiger partial charge < -0.3 is 14.4 Å². The zero-order valence-corrected chi connectivity index (χ0v) is 10.9. The molecule has 4 heteroatoms. The predicted molar refractivity (Wildman–Crippen MR) is 64.8 cm³/mol. The second kappa shape index (κ2) is 4.69. The van der Waals surface area contributed by atoms with E-state index in [9.17, 15) is 4.79 Å². The van der Waals surface area contributed by atoms with Gasteiger partial charge in [0.15, 0.2) is 6.10 Å². The summed E-state index contributed by atoms with van der Waals surface area (Å²) in [5, 5.41) is 0. The first-order valence-corrected chi connectivity index (χ1v) is 6.19. The monoisotopic (exact) mass is 239 g/mol. The van der Waals surface area contributed by atoms with Crippen molar-refractivity contribution in [2.24, 2.45) is 5.41 Å². The predicted octanol–water partition coefficient (Wildman–Crippen LogP) is 2.20. The van der Waals surface area contributed by atoms with Crippen LogP contribution in [-0.4, -0.2) is 43.4 Å². The number of hydrogen-bond acceptors (Lipinski definition) is 3. The van der Waals surface area contributed by atoms with Gasteiger partial charge in [-0.25, -0.2) is 4.79 Å². The number of carbonyl (C=O) groups is 1. The molecule has 2 heterocycles. The zero-order valence-electron chi connectivity index (χ0n) is 10.9. The van der Waals surface area contributed by atoms with Gasteiger partial charge in [-0.1, -0.05) is 32.4 Å². The van der Waals surface area contributed by atoms with Gasteiger partial charge in [-0.3, -0.25) is 0 Å². The highest BCUT2D eigenvalue weighted by atomic mass is 16.6. The Labute approximate surface area is 103 Å². The molecule has 0 aromatic heterocycles. The maximum absolute atomic E-state index is 11.8. The molecule has 0 aliphatic carbocycles. The molecule has 0 atom stereocenters. The van der Waals surface area contributed by atoms with Gasteiger partial charge >= 0.3 is 6.09 Å². The second-order valence-corrected chi connectivity index (χ2v) is 5.72. The Bertz CT molecular complexity index is 326. The van der Waals surface area contributed by atoms with Crippen LogP contribution in [0, 0.1) is 5.41 Å². The van der Waals surface area contributed by atoms with Crippen LogP contribution >= 0.6 is 0 Å². The Hall–Kier alpha value is -1.03. The summed E-state index contributed by atoms with van der Waals surface area (Å²) < 4.78 is 10.3. The molecule has 1 saturated heterocycles. The van der Waals surface area contributed by atoms with E-state index in [1.165, 1.54) is 5.57 Å². The van der Waals surface area contributed by atoms with Crippen LogP contribution in [0.15, 0.2) is 11.6 Å². The van der Waals surface area contributed by atoms with Gasteiger partial charge in [0.2, 0.25) is 0 Å². The quantitative estimate of drug-likeness (QED) is 0.658. The molecule has 0 spiro atoms. The number of hydrogen-bond donors (Lipinski definition) is 0. The van der Waals surface area contributed by atoms with Crippen molar-refractivity contribution < 1.29 is 14.3 Å². The summed E-state index contributed by atoms with van der Waals surface area (Å²) in [5.74, 6) is 0. The summed E-state index contributed by atoms with van der Waals surface area (Å²) in [4.78, 5) is 13.5. The number of amides is 1. The van der Waals surface area contributed by atoms with E-state index in [0.717, 1.165) is 13.0 Å². The van der Waals surface area contributed by atoms with Crippen molar-refractivity contribution in [3.8, 4) is 0 Å². The van der Waals surface area contributed by atoms with Crippen molar-refractivity contribution >= 4 is 6.09 Å². The molecule has 0 aromatic rings. The fourth-order valence-electron chi connectivity index (χ4n) is 2.02. The van der Waals surface area contributed by atoms with Gasteiger partial charge in [-0.15, -0.1) is 0 Å². The van der Waals surface area contributed by atoms with E-state index in [1.807, 2.05) is 0 Å². The summed E-state index contributed by atoms with van der Waals surface area (Å²) in [7, 11) is 0. The van der Waals surface area contributed by atoms with Crippen LogP contribution in [-0.2, 0) is 9.47 Å². The Morgan fingerprint density at radius 1 is 1.47 bits per heavy atom. The van der Waals surface area contributed by atoms with E-state index in [0.29, 0.717) is 19.8 Å². The molecule has 2 rings (SSSR count). The maximum Gasteiger partial charge on any atom is 0.410 e. The molecule has 0 unspecified atom stereocenters. The molecule has 96 valence electrons. The highest BCUT2D eigenvalue weighted by Gasteiger charge is 2.28. The number of carbonyl (C=O) groups excluding carboxylic acids is 1. The molecule has 17 heavy (non-hydrogen) atoms. The van der Waals surface area contributed by atoms with Gasteiger partial charge in [0.1, 0.15) is 0 Å². The molecule has 0 aromatic carbocycles. The van der Waals surface area contributed by atoms with Crippen LogP contribution < -0.4 is 0 Å². The summed E-state index contributed by atoms with van der Waals surface area (Å²) in [6.07, 6.45) is 2.86. The minimum Gasteiger partial charge on any atom is -0.441 e. The van der Waals surface area contributed by atoms with Gasteiger partial charge in [-0.2, -0.15) is 0 Å². The number of ether oxygens (including phenoxy) is 2. The van der Waals surface area contributed by atoms with Crippen molar-refractivity contribution in [1.29, 1.82) is 0 Å². The maximum atomic E-state index is 11.8. The Kier molecular flexibility index (Phi) is 3.43. The standard InChI is InChI=1S/C13H21NO3/c1-13(2,3)10-4-6-14(7-5-10)12(15)17-11-8-16-9-11/h4,11H,5-9H2,1-3H3. The third-order valence-electron chi connectivity index (χ3n) is 3.31. The topological polar surface area (TPSA) is 38.8 Å². The van der Waals surface area contributed by atoms with Crippen molar-refractivity contribution in [2.45, 2.75) is 33.3 Å². The average Bonchev–Trinajstić information content (AvgIpc) is 2.22. The first-order valence-electron chi connectivity index (χ1n) is 6.19. The third-order valence-corrected chi connectivity index (χ3v) is 3.31. The van der Waals surface area contributed by atoms with E-state index in [1.54, 1.807) is 4.90 Å². The Morgan fingerprint density at radius 3 is 2.59 bits per heavy atom.